The second-order valence-electron chi connectivity index (χ2n) is 5.96. The fourth-order valence-electron chi connectivity index (χ4n) is 2.98. The van der Waals surface area contributed by atoms with Gasteiger partial charge in [-0.05, 0) is 19.9 Å². The summed E-state index contributed by atoms with van der Waals surface area (Å²) in [6, 6.07) is 6.64. The van der Waals surface area contributed by atoms with E-state index in [0.717, 1.165) is 13.1 Å². The van der Waals surface area contributed by atoms with Crippen molar-refractivity contribution in [3.8, 4) is 0 Å². The first-order valence-electron chi connectivity index (χ1n) is 7.28. The molecule has 1 saturated heterocycles. The van der Waals surface area contributed by atoms with Gasteiger partial charge in [-0.15, -0.1) is 0 Å². The van der Waals surface area contributed by atoms with Crippen molar-refractivity contribution < 1.29 is 9.66 Å². The number of nitro benzene ring substituents is 1. The zero-order valence-corrected chi connectivity index (χ0v) is 12.7. The third kappa shape index (κ3) is 2.55. The van der Waals surface area contributed by atoms with E-state index in [1.807, 2.05) is 13.8 Å². The summed E-state index contributed by atoms with van der Waals surface area (Å²) in [6.45, 7) is 6.80. The standard InChI is InChI=1S/C14H19N5O3/c1-14(2)13(17-7-9-22-10-8-17)18(16-15-14)11-5-3-4-6-12(11)19(20)21/h3-6,13H,7-10H2,1-2H3. The minimum atomic E-state index is -0.443. The Morgan fingerprint density at radius 2 is 2.00 bits per heavy atom. The van der Waals surface area contributed by atoms with Crippen LogP contribution in [0, 0.1) is 10.1 Å². The second-order valence-corrected chi connectivity index (χ2v) is 5.96. The first-order valence-corrected chi connectivity index (χ1v) is 7.28. The van der Waals surface area contributed by atoms with Crippen LogP contribution in [-0.2, 0) is 4.74 Å². The Morgan fingerprint density at radius 1 is 1.32 bits per heavy atom. The summed E-state index contributed by atoms with van der Waals surface area (Å²) in [5, 5.41) is 21.5. The van der Waals surface area contributed by atoms with Gasteiger partial charge in [0, 0.05) is 19.2 Å². The van der Waals surface area contributed by atoms with Gasteiger partial charge < -0.3 is 4.74 Å². The number of para-hydroxylation sites is 2. The molecule has 1 aromatic carbocycles. The number of nitrogens with zero attached hydrogens (tertiary/aromatic N) is 5. The van der Waals surface area contributed by atoms with E-state index in [1.165, 1.54) is 6.07 Å². The Morgan fingerprint density at radius 3 is 2.68 bits per heavy atom. The molecule has 1 atom stereocenters. The molecule has 1 aromatic rings. The van der Waals surface area contributed by atoms with Gasteiger partial charge in [0.25, 0.3) is 5.69 Å². The lowest BCUT2D eigenvalue weighted by molar-refractivity contribution is -0.384. The van der Waals surface area contributed by atoms with Crippen molar-refractivity contribution >= 4 is 11.4 Å². The number of nitro groups is 1. The Balaban J connectivity index is 1.98. The molecule has 22 heavy (non-hydrogen) atoms. The fourth-order valence-corrected chi connectivity index (χ4v) is 2.98. The van der Waals surface area contributed by atoms with Crippen LogP contribution >= 0.6 is 0 Å². The number of hydrogen-bond acceptors (Lipinski definition) is 7. The number of anilines is 1. The molecule has 0 bridgehead atoms. The van der Waals surface area contributed by atoms with Crippen molar-refractivity contribution in [2.24, 2.45) is 10.3 Å². The summed E-state index contributed by atoms with van der Waals surface area (Å²) in [5.41, 5.74) is 0.0665. The molecule has 0 amide bonds. The molecule has 0 N–H and O–H groups in total. The van der Waals surface area contributed by atoms with E-state index in [9.17, 15) is 10.1 Å². The van der Waals surface area contributed by atoms with Gasteiger partial charge in [-0.25, -0.2) is 5.01 Å². The summed E-state index contributed by atoms with van der Waals surface area (Å²) < 4.78 is 5.40. The Hall–Kier alpha value is -2.06. The van der Waals surface area contributed by atoms with Crippen molar-refractivity contribution in [1.29, 1.82) is 0 Å². The maximum atomic E-state index is 11.3. The Kier molecular flexibility index (Phi) is 3.79. The molecular formula is C14H19N5O3. The van der Waals surface area contributed by atoms with Crippen LogP contribution in [0.15, 0.2) is 34.6 Å². The highest BCUT2D eigenvalue weighted by molar-refractivity contribution is 5.63. The lowest BCUT2D eigenvalue weighted by Crippen LogP contribution is -2.57. The SMILES string of the molecule is CC1(C)N=NN(c2ccccc2[N+](=O)[O-])C1N1CCOCC1. The molecule has 0 aromatic heterocycles. The predicted octanol–water partition coefficient (Wildman–Crippen LogP) is 2.22. The molecule has 1 unspecified atom stereocenters. The lowest BCUT2D eigenvalue weighted by Gasteiger charge is -2.40. The largest absolute Gasteiger partial charge is 0.379 e. The average Bonchev–Trinajstić information content (AvgIpc) is 2.83. The molecule has 2 heterocycles. The molecule has 8 heteroatoms. The van der Waals surface area contributed by atoms with Crippen LogP contribution in [-0.4, -0.2) is 47.8 Å². The van der Waals surface area contributed by atoms with Gasteiger partial charge in [-0.3, -0.25) is 15.0 Å². The van der Waals surface area contributed by atoms with Crippen LogP contribution in [0.25, 0.3) is 0 Å². The van der Waals surface area contributed by atoms with Crippen LogP contribution < -0.4 is 5.01 Å². The monoisotopic (exact) mass is 305 g/mol. The van der Waals surface area contributed by atoms with Crippen LogP contribution in [0.5, 0.6) is 0 Å². The molecule has 0 aliphatic carbocycles. The predicted molar refractivity (Wildman–Crippen MR) is 80.7 cm³/mol. The molecule has 8 nitrogen and oxygen atoms in total. The zero-order valence-electron chi connectivity index (χ0n) is 12.7. The minimum absolute atomic E-state index is 0.0393. The molecule has 1 fully saturated rings. The first kappa shape index (κ1) is 14.9. The van der Waals surface area contributed by atoms with E-state index in [0.29, 0.717) is 18.9 Å². The highest BCUT2D eigenvalue weighted by Gasteiger charge is 2.46. The quantitative estimate of drug-likeness (QED) is 0.631. The minimum Gasteiger partial charge on any atom is -0.379 e. The lowest BCUT2D eigenvalue weighted by atomic mass is 10.00. The molecule has 2 aliphatic rings. The topological polar surface area (TPSA) is 83.6 Å². The number of rotatable bonds is 3. The van der Waals surface area contributed by atoms with E-state index in [2.05, 4.69) is 15.2 Å². The van der Waals surface area contributed by atoms with Crippen LogP contribution in [0.3, 0.4) is 0 Å². The van der Waals surface area contributed by atoms with E-state index >= 15 is 0 Å². The van der Waals surface area contributed by atoms with Gasteiger partial charge in [0.05, 0.1) is 18.1 Å². The fraction of sp³-hybridized carbons (Fsp3) is 0.571. The van der Waals surface area contributed by atoms with Crippen molar-refractivity contribution in [3.05, 3.63) is 34.4 Å². The number of hydrogen-bond donors (Lipinski definition) is 0. The van der Waals surface area contributed by atoms with Crippen molar-refractivity contribution in [2.45, 2.75) is 25.6 Å². The van der Waals surface area contributed by atoms with Crippen molar-refractivity contribution in [3.63, 3.8) is 0 Å². The third-order valence-electron chi connectivity index (χ3n) is 3.98. The molecule has 0 spiro atoms. The summed E-state index contributed by atoms with van der Waals surface area (Å²) in [6.07, 6.45) is -0.155. The highest BCUT2D eigenvalue weighted by Crippen LogP contribution is 2.38. The summed E-state index contributed by atoms with van der Waals surface area (Å²) in [5.74, 6) is 0. The smallest absolute Gasteiger partial charge is 0.294 e. The van der Waals surface area contributed by atoms with Gasteiger partial charge in [0.1, 0.15) is 17.4 Å². The van der Waals surface area contributed by atoms with E-state index in [-0.39, 0.29) is 16.8 Å². The van der Waals surface area contributed by atoms with Crippen molar-refractivity contribution in [2.75, 3.05) is 31.3 Å². The molecule has 2 aliphatic heterocycles. The van der Waals surface area contributed by atoms with Crippen LogP contribution in [0.4, 0.5) is 11.4 Å². The zero-order chi connectivity index (χ0) is 15.7. The van der Waals surface area contributed by atoms with Gasteiger partial charge in [-0.2, -0.15) is 5.11 Å². The van der Waals surface area contributed by atoms with Crippen molar-refractivity contribution in [1.82, 2.24) is 4.90 Å². The first-order chi connectivity index (χ1) is 10.5. The summed E-state index contributed by atoms with van der Waals surface area (Å²) in [4.78, 5) is 13.1. The molecular weight excluding hydrogens is 286 g/mol. The van der Waals surface area contributed by atoms with Gasteiger partial charge in [0.2, 0.25) is 0 Å². The molecule has 118 valence electrons. The number of ether oxygens (including phenoxy) is 1. The maximum Gasteiger partial charge on any atom is 0.294 e. The molecule has 0 radical (unpaired) electrons. The number of morpholine rings is 1. The van der Waals surface area contributed by atoms with Gasteiger partial charge in [-0.1, -0.05) is 17.4 Å². The van der Waals surface area contributed by atoms with Gasteiger partial charge in [0.15, 0.2) is 0 Å². The Labute approximate surface area is 128 Å². The van der Waals surface area contributed by atoms with E-state index in [1.54, 1.807) is 23.2 Å². The normalized spacial score (nSPS) is 24.6. The van der Waals surface area contributed by atoms with Crippen LogP contribution in [0.1, 0.15) is 13.8 Å². The van der Waals surface area contributed by atoms with E-state index < -0.39 is 5.54 Å². The van der Waals surface area contributed by atoms with Crippen LogP contribution in [0.2, 0.25) is 0 Å². The number of benzene rings is 1. The average molecular weight is 305 g/mol. The second kappa shape index (κ2) is 5.62. The van der Waals surface area contributed by atoms with Gasteiger partial charge >= 0.3 is 0 Å². The highest BCUT2D eigenvalue weighted by atomic mass is 16.6. The molecule has 0 saturated carbocycles. The summed E-state index contributed by atoms with van der Waals surface area (Å²) in [7, 11) is 0. The molecule has 3 rings (SSSR count). The Bertz CT molecular complexity index is 598. The van der Waals surface area contributed by atoms with E-state index in [4.69, 9.17) is 4.74 Å². The maximum absolute atomic E-state index is 11.3. The third-order valence-corrected chi connectivity index (χ3v) is 3.98. The summed E-state index contributed by atoms with van der Waals surface area (Å²) >= 11 is 0.